The summed E-state index contributed by atoms with van der Waals surface area (Å²) in [6.07, 6.45) is 1.75. The monoisotopic (exact) mass is 497 g/mol. The van der Waals surface area contributed by atoms with Crippen molar-refractivity contribution in [3.8, 4) is 23.0 Å². The lowest BCUT2D eigenvalue weighted by atomic mass is 10.1. The molecule has 0 unspecified atom stereocenters. The molecule has 0 saturated heterocycles. The number of nitrogens with zero attached hydrogens (tertiary/aromatic N) is 1. The Balaban J connectivity index is 0.00000225. The van der Waals surface area contributed by atoms with Crippen molar-refractivity contribution in [1.29, 1.82) is 0 Å². The topological polar surface area (TPSA) is 73.3 Å². The summed E-state index contributed by atoms with van der Waals surface area (Å²) in [7, 11) is 1.77. The molecule has 0 radical (unpaired) electrons. The van der Waals surface area contributed by atoms with E-state index < -0.39 is 0 Å². The first-order valence-corrected chi connectivity index (χ1v) is 9.03. The highest BCUT2D eigenvalue weighted by Gasteiger charge is 2.14. The van der Waals surface area contributed by atoms with Crippen LogP contribution in [0.4, 0.5) is 0 Å². The molecule has 150 valence electrons. The molecule has 0 bridgehead atoms. The van der Waals surface area contributed by atoms with Crippen LogP contribution in [-0.2, 0) is 12.8 Å². The SMILES string of the molecule is CN=C(NCCc1ccc2c(c1)OCO2)NCCc1ccc2c(c1)OCO2.I. The Morgan fingerprint density at radius 3 is 1.71 bits per heavy atom. The molecule has 7 nitrogen and oxygen atoms in total. The van der Waals surface area contributed by atoms with Gasteiger partial charge in [-0.15, -0.1) is 24.0 Å². The number of nitrogens with one attached hydrogen (secondary N) is 2. The van der Waals surface area contributed by atoms with Gasteiger partial charge < -0.3 is 29.6 Å². The van der Waals surface area contributed by atoms with Crippen LogP contribution in [0.3, 0.4) is 0 Å². The number of rotatable bonds is 6. The van der Waals surface area contributed by atoms with Crippen molar-refractivity contribution in [3.05, 3.63) is 47.5 Å². The van der Waals surface area contributed by atoms with E-state index in [1.54, 1.807) is 7.05 Å². The van der Waals surface area contributed by atoms with Crippen molar-refractivity contribution in [3.63, 3.8) is 0 Å². The van der Waals surface area contributed by atoms with Crippen LogP contribution in [0.25, 0.3) is 0 Å². The molecule has 4 rings (SSSR count). The zero-order chi connectivity index (χ0) is 18.5. The molecule has 2 aliphatic heterocycles. The number of aliphatic imine (C=N–C) groups is 1. The van der Waals surface area contributed by atoms with Gasteiger partial charge in [-0.3, -0.25) is 4.99 Å². The van der Waals surface area contributed by atoms with Crippen LogP contribution in [-0.4, -0.2) is 39.7 Å². The van der Waals surface area contributed by atoms with Gasteiger partial charge in [0.2, 0.25) is 13.6 Å². The van der Waals surface area contributed by atoms with E-state index in [1.807, 2.05) is 24.3 Å². The van der Waals surface area contributed by atoms with Gasteiger partial charge in [-0.25, -0.2) is 0 Å². The molecule has 2 N–H and O–H groups in total. The van der Waals surface area contributed by atoms with Crippen molar-refractivity contribution in [2.24, 2.45) is 4.99 Å². The van der Waals surface area contributed by atoms with E-state index in [9.17, 15) is 0 Å². The minimum Gasteiger partial charge on any atom is -0.454 e. The standard InChI is InChI=1S/C20H23N3O4.HI/c1-21-20(22-8-6-14-2-4-16-18(10-14)26-12-24-16)23-9-7-15-3-5-17-19(11-15)27-13-25-17;/h2-5,10-11H,6-9,12-13H2,1H3,(H2,21,22,23);1H. The predicted octanol–water partition coefficient (Wildman–Crippen LogP) is 2.71. The number of benzene rings is 2. The molecular weight excluding hydrogens is 473 g/mol. The first-order valence-electron chi connectivity index (χ1n) is 9.03. The van der Waals surface area contributed by atoms with Crippen molar-refractivity contribution in [2.45, 2.75) is 12.8 Å². The fourth-order valence-electron chi connectivity index (χ4n) is 3.06. The average molecular weight is 497 g/mol. The number of guanidine groups is 1. The summed E-state index contributed by atoms with van der Waals surface area (Å²) in [6, 6.07) is 12.1. The second kappa shape index (κ2) is 9.72. The van der Waals surface area contributed by atoms with Gasteiger partial charge in [0.05, 0.1) is 0 Å². The fourth-order valence-corrected chi connectivity index (χ4v) is 3.06. The van der Waals surface area contributed by atoms with Crippen LogP contribution >= 0.6 is 24.0 Å². The molecule has 2 aliphatic rings. The summed E-state index contributed by atoms with van der Waals surface area (Å²) in [5.41, 5.74) is 2.39. The maximum atomic E-state index is 5.42. The second-order valence-electron chi connectivity index (χ2n) is 6.30. The van der Waals surface area contributed by atoms with Gasteiger partial charge in [0, 0.05) is 20.1 Å². The molecule has 0 amide bonds. The van der Waals surface area contributed by atoms with E-state index in [0.717, 1.165) is 54.9 Å². The van der Waals surface area contributed by atoms with Gasteiger partial charge in [-0.1, -0.05) is 12.1 Å². The molecule has 2 aromatic rings. The minimum absolute atomic E-state index is 0. The van der Waals surface area contributed by atoms with Crippen molar-refractivity contribution >= 4 is 29.9 Å². The number of hydrogen-bond donors (Lipinski definition) is 2. The van der Waals surface area contributed by atoms with E-state index >= 15 is 0 Å². The summed E-state index contributed by atoms with van der Waals surface area (Å²) < 4.78 is 21.5. The Kier molecular flexibility index (Phi) is 7.07. The highest BCUT2D eigenvalue weighted by Crippen LogP contribution is 2.33. The molecular formula is C20H24IN3O4. The number of halogens is 1. The summed E-state index contributed by atoms with van der Waals surface area (Å²) >= 11 is 0. The number of hydrogen-bond acceptors (Lipinski definition) is 5. The molecule has 0 saturated carbocycles. The molecule has 28 heavy (non-hydrogen) atoms. The van der Waals surface area contributed by atoms with Crippen LogP contribution < -0.4 is 29.6 Å². The third-order valence-electron chi connectivity index (χ3n) is 4.51. The van der Waals surface area contributed by atoms with E-state index in [0.29, 0.717) is 13.6 Å². The normalized spacial score (nSPS) is 12.9. The second-order valence-corrected chi connectivity index (χ2v) is 6.30. The van der Waals surface area contributed by atoms with Gasteiger partial charge in [-0.2, -0.15) is 0 Å². The lowest BCUT2D eigenvalue weighted by Crippen LogP contribution is -2.39. The molecule has 8 heteroatoms. The van der Waals surface area contributed by atoms with Gasteiger partial charge in [-0.05, 0) is 48.2 Å². The largest absolute Gasteiger partial charge is 0.454 e. The average Bonchev–Trinajstić information content (AvgIpc) is 3.35. The zero-order valence-corrected chi connectivity index (χ0v) is 18.0. The fraction of sp³-hybridized carbons (Fsp3) is 0.350. The van der Waals surface area contributed by atoms with Crippen LogP contribution in [0.5, 0.6) is 23.0 Å². The Morgan fingerprint density at radius 1 is 0.786 bits per heavy atom. The molecule has 2 aromatic carbocycles. The van der Waals surface area contributed by atoms with Crippen LogP contribution in [0, 0.1) is 0 Å². The van der Waals surface area contributed by atoms with Gasteiger partial charge in [0.25, 0.3) is 0 Å². The molecule has 0 fully saturated rings. The maximum absolute atomic E-state index is 5.42. The molecule has 0 aliphatic carbocycles. The van der Waals surface area contributed by atoms with Crippen molar-refractivity contribution in [2.75, 3.05) is 33.7 Å². The summed E-state index contributed by atoms with van der Waals surface area (Å²) in [5.74, 6) is 4.05. The number of ether oxygens (including phenoxy) is 4. The molecule has 0 spiro atoms. The van der Waals surface area contributed by atoms with Crippen molar-refractivity contribution in [1.82, 2.24) is 10.6 Å². The van der Waals surface area contributed by atoms with Crippen LogP contribution in [0.15, 0.2) is 41.4 Å². The highest BCUT2D eigenvalue weighted by atomic mass is 127. The molecule has 0 atom stereocenters. The lowest BCUT2D eigenvalue weighted by molar-refractivity contribution is 0.173. The van der Waals surface area contributed by atoms with Gasteiger partial charge in [0.1, 0.15) is 0 Å². The third kappa shape index (κ3) is 4.92. The first kappa shape index (κ1) is 20.4. The summed E-state index contributed by atoms with van der Waals surface area (Å²) in [4.78, 5) is 4.27. The predicted molar refractivity (Wildman–Crippen MR) is 117 cm³/mol. The highest BCUT2D eigenvalue weighted by molar-refractivity contribution is 14.0. The third-order valence-corrected chi connectivity index (χ3v) is 4.51. The Morgan fingerprint density at radius 2 is 1.25 bits per heavy atom. The van der Waals surface area contributed by atoms with Crippen LogP contribution in [0.2, 0.25) is 0 Å². The lowest BCUT2D eigenvalue weighted by Gasteiger charge is -2.12. The first-order chi connectivity index (χ1) is 13.3. The Hall–Kier alpha value is -2.36. The zero-order valence-electron chi connectivity index (χ0n) is 15.7. The summed E-state index contributed by atoms with van der Waals surface area (Å²) in [6.45, 7) is 2.17. The van der Waals surface area contributed by atoms with E-state index in [4.69, 9.17) is 18.9 Å². The maximum Gasteiger partial charge on any atom is 0.231 e. The Labute approximate surface area is 181 Å². The minimum atomic E-state index is 0. The van der Waals surface area contributed by atoms with E-state index in [-0.39, 0.29) is 24.0 Å². The van der Waals surface area contributed by atoms with E-state index in [1.165, 1.54) is 11.1 Å². The smallest absolute Gasteiger partial charge is 0.231 e. The van der Waals surface area contributed by atoms with Crippen LogP contribution in [0.1, 0.15) is 11.1 Å². The Bertz CT molecular complexity index is 779. The van der Waals surface area contributed by atoms with Gasteiger partial charge in [0.15, 0.2) is 29.0 Å². The molecule has 0 aromatic heterocycles. The number of fused-ring (bicyclic) bond motifs is 2. The van der Waals surface area contributed by atoms with E-state index in [2.05, 4.69) is 27.8 Å². The quantitative estimate of drug-likeness (QED) is 0.364. The van der Waals surface area contributed by atoms with Gasteiger partial charge >= 0.3 is 0 Å². The van der Waals surface area contributed by atoms with Crippen molar-refractivity contribution < 1.29 is 18.9 Å². The molecule has 2 heterocycles. The summed E-state index contributed by atoms with van der Waals surface area (Å²) in [5, 5.41) is 6.67.